The van der Waals surface area contributed by atoms with Crippen molar-refractivity contribution in [3.8, 4) is 0 Å². The summed E-state index contributed by atoms with van der Waals surface area (Å²) in [6.07, 6.45) is 14.5. The Bertz CT molecular complexity index is 207. The maximum atomic E-state index is 10.7. The molecule has 0 heterocycles. The van der Waals surface area contributed by atoms with Crippen molar-refractivity contribution in [3.05, 3.63) is 12.2 Å². The molecule has 0 amide bonds. The van der Waals surface area contributed by atoms with E-state index in [1.165, 1.54) is 38.5 Å². The van der Waals surface area contributed by atoms with Crippen LogP contribution in [0.2, 0.25) is 0 Å². The minimum absolute atomic E-state index is 0.262. The van der Waals surface area contributed by atoms with Crippen molar-refractivity contribution < 1.29 is 9.59 Å². The van der Waals surface area contributed by atoms with Gasteiger partial charge in [-0.2, -0.15) is 0 Å². The Morgan fingerprint density at radius 3 is 2.25 bits per heavy atom. The molecule has 0 aromatic heterocycles. The minimum Gasteiger partial charge on any atom is -0.295 e. The van der Waals surface area contributed by atoms with Crippen molar-refractivity contribution in [2.24, 2.45) is 0 Å². The van der Waals surface area contributed by atoms with Crippen LogP contribution in [0, 0.1) is 0 Å². The molecule has 0 unspecified atom stereocenters. The maximum Gasteiger partial charge on any atom is 0.195 e. The van der Waals surface area contributed by atoms with Crippen molar-refractivity contribution in [3.63, 3.8) is 0 Å². The molecule has 0 radical (unpaired) electrons. The van der Waals surface area contributed by atoms with Crippen LogP contribution in [0.25, 0.3) is 0 Å². The molecule has 0 aliphatic heterocycles. The number of rotatable bonds is 11. The third kappa shape index (κ3) is 11.2. The second-order valence-corrected chi connectivity index (χ2v) is 4.15. The molecule has 2 nitrogen and oxygen atoms in total. The van der Waals surface area contributed by atoms with Gasteiger partial charge < -0.3 is 0 Å². The molecule has 92 valence electrons. The van der Waals surface area contributed by atoms with Crippen LogP contribution in [0.3, 0.4) is 0 Å². The van der Waals surface area contributed by atoms with Crippen LogP contribution < -0.4 is 0 Å². The predicted molar refractivity (Wildman–Crippen MR) is 67.4 cm³/mol. The molecule has 0 aliphatic rings. The van der Waals surface area contributed by atoms with E-state index in [0.717, 1.165) is 12.8 Å². The van der Waals surface area contributed by atoms with E-state index in [0.29, 0.717) is 12.7 Å². The average Bonchev–Trinajstić information content (AvgIpc) is 2.31. The summed E-state index contributed by atoms with van der Waals surface area (Å²) < 4.78 is 0. The second kappa shape index (κ2) is 12.2. The molecule has 0 rings (SSSR count). The molecular weight excluding hydrogens is 200 g/mol. The van der Waals surface area contributed by atoms with Gasteiger partial charge in [0.05, 0.1) is 0 Å². The molecular formula is C14H24O2. The van der Waals surface area contributed by atoms with Gasteiger partial charge in [-0.1, -0.05) is 44.8 Å². The SMILES string of the molecule is CCCC=CCCCCCCCC(=O)C=O. The fraction of sp³-hybridized carbons (Fsp3) is 0.714. The highest BCUT2D eigenvalue weighted by Crippen LogP contribution is 2.07. The summed E-state index contributed by atoms with van der Waals surface area (Å²) in [4.78, 5) is 20.7. The van der Waals surface area contributed by atoms with Crippen molar-refractivity contribution >= 4 is 12.1 Å². The minimum atomic E-state index is -0.262. The largest absolute Gasteiger partial charge is 0.295 e. The molecule has 0 N–H and O–H groups in total. The Kier molecular flexibility index (Phi) is 11.5. The molecule has 0 saturated carbocycles. The average molecular weight is 224 g/mol. The maximum absolute atomic E-state index is 10.7. The van der Waals surface area contributed by atoms with Crippen LogP contribution in [0.4, 0.5) is 0 Å². The van der Waals surface area contributed by atoms with Gasteiger partial charge in [-0.3, -0.25) is 9.59 Å². The summed E-state index contributed by atoms with van der Waals surface area (Å²) in [5.74, 6) is -0.262. The highest BCUT2D eigenvalue weighted by atomic mass is 16.2. The van der Waals surface area contributed by atoms with Crippen molar-refractivity contribution in [1.82, 2.24) is 0 Å². The van der Waals surface area contributed by atoms with E-state index < -0.39 is 0 Å². The normalized spacial score (nSPS) is 10.8. The molecule has 2 heteroatoms. The molecule has 0 aromatic carbocycles. The Balaban J connectivity index is 3.09. The molecule has 0 aliphatic carbocycles. The van der Waals surface area contributed by atoms with E-state index in [4.69, 9.17) is 0 Å². The van der Waals surface area contributed by atoms with Crippen molar-refractivity contribution in [2.75, 3.05) is 0 Å². The standard InChI is InChI=1S/C14H24O2/c1-2-3-4-5-6-7-8-9-10-11-12-14(16)13-15/h4-5,13H,2-3,6-12H2,1H3. The van der Waals surface area contributed by atoms with Gasteiger partial charge in [0, 0.05) is 6.42 Å². The molecule has 0 bridgehead atoms. The number of carbonyl (C=O) groups excluding carboxylic acids is 2. The van der Waals surface area contributed by atoms with E-state index in [2.05, 4.69) is 19.1 Å². The number of Topliss-reactive ketones (excluding diaryl/α,β-unsaturated/α-hetero) is 1. The summed E-state index contributed by atoms with van der Waals surface area (Å²) in [5.41, 5.74) is 0. The quantitative estimate of drug-likeness (QED) is 0.231. The highest BCUT2D eigenvalue weighted by Gasteiger charge is 1.97. The van der Waals surface area contributed by atoms with Crippen LogP contribution >= 0.6 is 0 Å². The van der Waals surface area contributed by atoms with Gasteiger partial charge in [0.25, 0.3) is 0 Å². The monoisotopic (exact) mass is 224 g/mol. The van der Waals surface area contributed by atoms with Gasteiger partial charge in [-0.15, -0.1) is 0 Å². The number of unbranched alkanes of at least 4 members (excludes halogenated alkanes) is 6. The first-order chi connectivity index (χ1) is 7.81. The fourth-order valence-electron chi connectivity index (χ4n) is 1.55. The van der Waals surface area contributed by atoms with Gasteiger partial charge in [0.15, 0.2) is 12.1 Å². The Morgan fingerprint density at radius 1 is 0.938 bits per heavy atom. The molecule has 16 heavy (non-hydrogen) atoms. The summed E-state index contributed by atoms with van der Waals surface area (Å²) in [6, 6.07) is 0. The van der Waals surface area contributed by atoms with E-state index in [9.17, 15) is 9.59 Å². The van der Waals surface area contributed by atoms with Gasteiger partial charge in [-0.05, 0) is 25.7 Å². The third-order valence-corrected chi connectivity index (χ3v) is 2.55. The zero-order valence-corrected chi connectivity index (χ0v) is 10.4. The van der Waals surface area contributed by atoms with Crippen molar-refractivity contribution in [1.29, 1.82) is 0 Å². The smallest absolute Gasteiger partial charge is 0.195 e. The summed E-state index contributed by atoms with van der Waals surface area (Å²) in [5, 5.41) is 0. The number of hydrogen-bond donors (Lipinski definition) is 0. The van der Waals surface area contributed by atoms with Gasteiger partial charge >= 0.3 is 0 Å². The number of ketones is 1. The Labute approximate surface area is 99.1 Å². The Morgan fingerprint density at radius 2 is 1.56 bits per heavy atom. The highest BCUT2D eigenvalue weighted by molar-refractivity contribution is 6.24. The number of allylic oxidation sites excluding steroid dienone is 2. The first-order valence-electron chi connectivity index (χ1n) is 6.44. The fourth-order valence-corrected chi connectivity index (χ4v) is 1.55. The topological polar surface area (TPSA) is 34.1 Å². The zero-order chi connectivity index (χ0) is 12.1. The molecule has 0 fully saturated rings. The van der Waals surface area contributed by atoms with Gasteiger partial charge in [-0.25, -0.2) is 0 Å². The first-order valence-corrected chi connectivity index (χ1v) is 6.44. The van der Waals surface area contributed by atoms with E-state index in [1.807, 2.05) is 0 Å². The summed E-state index contributed by atoms with van der Waals surface area (Å²) in [7, 11) is 0. The van der Waals surface area contributed by atoms with Crippen LogP contribution in [0.1, 0.15) is 64.7 Å². The van der Waals surface area contributed by atoms with Gasteiger partial charge in [0.2, 0.25) is 0 Å². The first kappa shape index (κ1) is 15.1. The Hall–Kier alpha value is -0.920. The number of carbonyl (C=O) groups is 2. The number of aldehydes is 1. The summed E-state index contributed by atoms with van der Waals surface area (Å²) >= 11 is 0. The number of hydrogen-bond acceptors (Lipinski definition) is 2. The van der Waals surface area contributed by atoms with E-state index in [-0.39, 0.29) is 5.78 Å². The van der Waals surface area contributed by atoms with Crippen LogP contribution in [0.15, 0.2) is 12.2 Å². The summed E-state index contributed by atoms with van der Waals surface area (Å²) in [6.45, 7) is 2.19. The van der Waals surface area contributed by atoms with E-state index in [1.54, 1.807) is 0 Å². The lowest BCUT2D eigenvalue weighted by Crippen LogP contribution is -1.97. The second-order valence-electron chi connectivity index (χ2n) is 4.15. The molecule has 0 aromatic rings. The molecule has 0 saturated heterocycles. The molecule has 0 spiro atoms. The lowest BCUT2D eigenvalue weighted by molar-refractivity contribution is -0.129. The lowest BCUT2D eigenvalue weighted by atomic mass is 10.1. The van der Waals surface area contributed by atoms with Crippen molar-refractivity contribution in [2.45, 2.75) is 64.7 Å². The molecule has 0 atom stereocenters. The van der Waals surface area contributed by atoms with Crippen LogP contribution in [0.5, 0.6) is 0 Å². The third-order valence-electron chi connectivity index (χ3n) is 2.55. The predicted octanol–water partition coefficient (Wildman–Crippen LogP) is 3.84. The zero-order valence-electron chi connectivity index (χ0n) is 10.4. The van der Waals surface area contributed by atoms with Crippen LogP contribution in [-0.4, -0.2) is 12.1 Å². The van der Waals surface area contributed by atoms with E-state index >= 15 is 0 Å². The lowest BCUT2D eigenvalue weighted by Gasteiger charge is -1.98. The van der Waals surface area contributed by atoms with Gasteiger partial charge in [0.1, 0.15) is 0 Å². The van der Waals surface area contributed by atoms with Crippen LogP contribution in [-0.2, 0) is 9.59 Å².